The molecule has 7 heteroatoms. The third-order valence-electron chi connectivity index (χ3n) is 5.41. The largest absolute Gasteiger partial charge is 0.370 e. The minimum absolute atomic E-state index is 0.0944. The highest BCUT2D eigenvalue weighted by molar-refractivity contribution is 5.82. The summed E-state index contributed by atoms with van der Waals surface area (Å²) in [5.41, 5.74) is 0.541. The van der Waals surface area contributed by atoms with Crippen molar-refractivity contribution in [2.45, 2.75) is 26.2 Å². The molecular formula is C17H27N5O2. The van der Waals surface area contributed by atoms with Gasteiger partial charge < -0.3 is 15.5 Å². The third kappa shape index (κ3) is 3.61. The Morgan fingerprint density at radius 3 is 2.92 bits per heavy atom. The van der Waals surface area contributed by atoms with Gasteiger partial charge in [0.05, 0.1) is 11.9 Å². The van der Waals surface area contributed by atoms with Crippen molar-refractivity contribution in [3.05, 3.63) is 22.6 Å². The fraction of sp³-hybridized carbons (Fsp3) is 0.706. The summed E-state index contributed by atoms with van der Waals surface area (Å²) in [6.45, 7) is 6.35. The molecule has 7 nitrogen and oxygen atoms in total. The van der Waals surface area contributed by atoms with Gasteiger partial charge in [-0.1, -0.05) is 6.92 Å². The number of anilines is 1. The third-order valence-corrected chi connectivity index (χ3v) is 5.41. The number of nitrogens with one attached hydrogen (secondary N) is 2. The zero-order chi connectivity index (χ0) is 17.2. The van der Waals surface area contributed by atoms with Crippen molar-refractivity contribution in [2.24, 2.45) is 18.4 Å². The summed E-state index contributed by atoms with van der Waals surface area (Å²) in [5, 5.41) is 10.5. The maximum Gasteiger partial charge on any atom is 0.268 e. The van der Waals surface area contributed by atoms with Crippen LogP contribution in [0.25, 0.3) is 0 Å². The molecule has 0 spiro atoms. The SMILES string of the molecule is Cn1ncc(N2CC[C@H](CNC(=O)C3(C)CCNCC3)C2)cc1=O. The molecular weight excluding hydrogens is 306 g/mol. The Labute approximate surface area is 142 Å². The summed E-state index contributed by atoms with van der Waals surface area (Å²) >= 11 is 0. The van der Waals surface area contributed by atoms with Crippen LogP contribution in [0.5, 0.6) is 0 Å². The number of hydrogen-bond donors (Lipinski definition) is 2. The van der Waals surface area contributed by atoms with Crippen molar-refractivity contribution in [3.63, 3.8) is 0 Å². The van der Waals surface area contributed by atoms with E-state index in [9.17, 15) is 9.59 Å². The summed E-state index contributed by atoms with van der Waals surface area (Å²) in [6, 6.07) is 1.63. The molecule has 2 fully saturated rings. The van der Waals surface area contributed by atoms with Crippen LogP contribution in [0.1, 0.15) is 26.2 Å². The Balaban J connectivity index is 1.52. The number of amides is 1. The first-order valence-electron chi connectivity index (χ1n) is 8.75. The van der Waals surface area contributed by atoms with E-state index in [1.165, 1.54) is 4.68 Å². The van der Waals surface area contributed by atoms with E-state index in [1.54, 1.807) is 19.3 Å². The van der Waals surface area contributed by atoms with Crippen molar-refractivity contribution >= 4 is 11.6 Å². The molecule has 2 aliphatic rings. The zero-order valence-corrected chi connectivity index (χ0v) is 14.5. The van der Waals surface area contributed by atoms with Crippen LogP contribution >= 0.6 is 0 Å². The van der Waals surface area contributed by atoms with Gasteiger partial charge in [-0.25, -0.2) is 4.68 Å². The van der Waals surface area contributed by atoms with Crippen molar-refractivity contribution in [3.8, 4) is 0 Å². The minimum Gasteiger partial charge on any atom is -0.370 e. The first kappa shape index (κ1) is 17.0. The van der Waals surface area contributed by atoms with E-state index in [1.807, 2.05) is 0 Å². The fourth-order valence-corrected chi connectivity index (χ4v) is 3.52. The first-order chi connectivity index (χ1) is 11.5. The Kier molecular flexibility index (Phi) is 4.89. The molecule has 132 valence electrons. The second-order valence-electron chi connectivity index (χ2n) is 7.30. The molecule has 1 aromatic heterocycles. The van der Waals surface area contributed by atoms with E-state index in [4.69, 9.17) is 0 Å². The minimum atomic E-state index is -0.237. The number of carbonyl (C=O) groups is 1. The van der Waals surface area contributed by atoms with E-state index < -0.39 is 0 Å². The van der Waals surface area contributed by atoms with Crippen LogP contribution < -0.4 is 21.1 Å². The highest BCUT2D eigenvalue weighted by Gasteiger charge is 2.35. The number of aryl methyl sites for hydroxylation is 1. The first-order valence-corrected chi connectivity index (χ1v) is 8.75. The molecule has 1 atom stereocenters. The lowest BCUT2D eigenvalue weighted by Crippen LogP contribution is -2.47. The predicted octanol–water partition coefficient (Wildman–Crippen LogP) is 0.113. The van der Waals surface area contributed by atoms with E-state index >= 15 is 0 Å². The lowest BCUT2D eigenvalue weighted by molar-refractivity contribution is -0.131. The lowest BCUT2D eigenvalue weighted by Gasteiger charge is -2.32. The number of nitrogens with zero attached hydrogens (tertiary/aromatic N) is 3. The molecule has 1 aromatic rings. The average molecular weight is 333 g/mol. The maximum atomic E-state index is 12.5. The van der Waals surface area contributed by atoms with Gasteiger partial charge in [-0.2, -0.15) is 5.10 Å². The molecule has 1 amide bonds. The van der Waals surface area contributed by atoms with Crippen molar-refractivity contribution in [2.75, 3.05) is 37.6 Å². The second-order valence-corrected chi connectivity index (χ2v) is 7.30. The van der Waals surface area contributed by atoms with Gasteiger partial charge in [0.2, 0.25) is 5.91 Å². The molecule has 0 saturated carbocycles. The van der Waals surface area contributed by atoms with Gasteiger partial charge in [-0.3, -0.25) is 9.59 Å². The summed E-state index contributed by atoms with van der Waals surface area (Å²) in [5.74, 6) is 0.598. The molecule has 3 heterocycles. The van der Waals surface area contributed by atoms with Crippen LogP contribution in [0, 0.1) is 11.3 Å². The standard InChI is InChI=1S/C17H27N5O2/c1-17(4-6-18-7-5-17)16(24)19-10-13-3-8-22(12-13)14-9-15(23)21(2)20-11-14/h9,11,13,18H,3-8,10,12H2,1-2H3,(H,19,24)/t13-/m1/s1. The Bertz CT molecular complexity index is 651. The van der Waals surface area contributed by atoms with Crippen LogP contribution in [-0.2, 0) is 11.8 Å². The van der Waals surface area contributed by atoms with Crippen LogP contribution in [0.3, 0.4) is 0 Å². The van der Waals surface area contributed by atoms with E-state index in [2.05, 4.69) is 27.6 Å². The predicted molar refractivity (Wildman–Crippen MR) is 93.0 cm³/mol. The smallest absolute Gasteiger partial charge is 0.268 e. The van der Waals surface area contributed by atoms with Gasteiger partial charge in [0.15, 0.2) is 0 Å². The Hall–Kier alpha value is -1.89. The highest BCUT2D eigenvalue weighted by atomic mass is 16.2. The Morgan fingerprint density at radius 2 is 2.21 bits per heavy atom. The molecule has 0 unspecified atom stereocenters. The van der Waals surface area contributed by atoms with Gasteiger partial charge in [0.25, 0.3) is 5.56 Å². The number of rotatable bonds is 4. The molecule has 0 bridgehead atoms. The van der Waals surface area contributed by atoms with E-state index in [0.29, 0.717) is 12.5 Å². The summed E-state index contributed by atoms with van der Waals surface area (Å²) in [6.07, 6.45) is 4.55. The van der Waals surface area contributed by atoms with Crippen LogP contribution in [0.15, 0.2) is 17.1 Å². The van der Waals surface area contributed by atoms with Crippen LogP contribution in [-0.4, -0.2) is 48.4 Å². The summed E-state index contributed by atoms with van der Waals surface area (Å²) < 4.78 is 1.33. The zero-order valence-electron chi connectivity index (χ0n) is 14.5. The molecule has 0 radical (unpaired) electrons. The number of hydrogen-bond acceptors (Lipinski definition) is 5. The topological polar surface area (TPSA) is 79.3 Å². The lowest BCUT2D eigenvalue weighted by atomic mass is 9.80. The molecule has 2 saturated heterocycles. The fourth-order valence-electron chi connectivity index (χ4n) is 3.52. The maximum absolute atomic E-state index is 12.5. The monoisotopic (exact) mass is 333 g/mol. The van der Waals surface area contributed by atoms with Gasteiger partial charge in [0.1, 0.15) is 0 Å². The summed E-state index contributed by atoms with van der Waals surface area (Å²) in [7, 11) is 1.65. The van der Waals surface area contributed by atoms with E-state index in [-0.39, 0.29) is 16.9 Å². The number of carbonyl (C=O) groups excluding carboxylic acids is 1. The second kappa shape index (κ2) is 6.93. The molecule has 3 rings (SSSR count). The summed E-state index contributed by atoms with van der Waals surface area (Å²) in [4.78, 5) is 26.4. The van der Waals surface area contributed by atoms with Gasteiger partial charge in [-0.05, 0) is 38.3 Å². The van der Waals surface area contributed by atoms with Gasteiger partial charge in [0, 0.05) is 38.2 Å². The molecule has 0 aromatic carbocycles. The van der Waals surface area contributed by atoms with Gasteiger partial charge in [-0.15, -0.1) is 0 Å². The van der Waals surface area contributed by atoms with E-state index in [0.717, 1.165) is 51.1 Å². The molecule has 2 aliphatic heterocycles. The van der Waals surface area contributed by atoms with Crippen molar-refractivity contribution in [1.82, 2.24) is 20.4 Å². The normalized spacial score (nSPS) is 23.2. The van der Waals surface area contributed by atoms with Crippen LogP contribution in [0.4, 0.5) is 5.69 Å². The number of piperidine rings is 1. The average Bonchev–Trinajstić information content (AvgIpc) is 3.05. The molecule has 2 N–H and O–H groups in total. The highest BCUT2D eigenvalue weighted by Crippen LogP contribution is 2.28. The number of aromatic nitrogens is 2. The molecule has 24 heavy (non-hydrogen) atoms. The van der Waals surface area contributed by atoms with Crippen molar-refractivity contribution in [1.29, 1.82) is 0 Å². The van der Waals surface area contributed by atoms with Crippen LogP contribution in [0.2, 0.25) is 0 Å². The quantitative estimate of drug-likeness (QED) is 0.818. The van der Waals surface area contributed by atoms with Gasteiger partial charge >= 0.3 is 0 Å². The molecule has 0 aliphatic carbocycles. The Morgan fingerprint density at radius 1 is 1.46 bits per heavy atom. The van der Waals surface area contributed by atoms with Crippen molar-refractivity contribution < 1.29 is 4.79 Å².